The fraction of sp³-hybridized carbons (Fsp3) is 0.250. The highest BCUT2D eigenvalue weighted by Crippen LogP contribution is 2.31. The van der Waals surface area contributed by atoms with Gasteiger partial charge in [-0.05, 0) is 13.0 Å². The molecule has 0 aliphatic heterocycles. The van der Waals surface area contributed by atoms with Crippen LogP contribution in [0.4, 0.5) is 13.2 Å². The van der Waals surface area contributed by atoms with Crippen molar-refractivity contribution >= 4 is 17.2 Å². The lowest BCUT2D eigenvalue weighted by Crippen LogP contribution is -2.22. The zero-order chi connectivity index (χ0) is 11.2. The monoisotopic (exact) mass is 234 g/mol. The molecule has 0 saturated heterocycles. The van der Waals surface area contributed by atoms with E-state index >= 15 is 0 Å². The van der Waals surface area contributed by atoms with Gasteiger partial charge in [-0.1, -0.05) is 11.5 Å². The quantitative estimate of drug-likeness (QED) is 0.699. The second kappa shape index (κ2) is 3.06. The zero-order valence-electron chi connectivity index (χ0n) is 7.50. The van der Waals surface area contributed by atoms with Crippen LogP contribution in [0.15, 0.2) is 16.2 Å². The molecule has 15 heavy (non-hydrogen) atoms. The van der Waals surface area contributed by atoms with E-state index in [1.807, 2.05) is 0 Å². The molecule has 7 heteroatoms. The third-order valence-electron chi connectivity index (χ3n) is 1.96. The van der Waals surface area contributed by atoms with Gasteiger partial charge < -0.3 is 0 Å². The number of hydrogen-bond acceptors (Lipinski definition) is 3. The molecule has 0 saturated carbocycles. The first-order valence-corrected chi connectivity index (χ1v) is 4.79. The van der Waals surface area contributed by atoms with Crippen molar-refractivity contribution in [1.82, 2.24) is 8.77 Å². The van der Waals surface area contributed by atoms with Crippen molar-refractivity contribution in [1.29, 1.82) is 0 Å². The summed E-state index contributed by atoms with van der Waals surface area (Å²) in [5.74, 6) is 0. The van der Waals surface area contributed by atoms with Crippen molar-refractivity contribution in [2.45, 2.75) is 13.1 Å². The van der Waals surface area contributed by atoms with Gasteiger partial charge in [0.15, 0.2) is 5.65 Å². The minimum atomic E-state index is -4.54. The van der Waals surface area contributed by atoms with Crippen LogP contribution in [0.1, 0.15) is 11.3 Å². The first-order valence-electron chi connectivity index (χ1n) is 3.96. The predicted octanol–water partition coefficient (Wildman–Crippen LogP) is 2.08. The SMILES string of the molecule is Cc1c(C(F)(F)F)n2sccc2nc1=O. The van der Waals surface area contributed by atoms with Crippen molar-refractivity contribution in [2.75, 3.05) is 0 Å². The van der Waals surface area contributed by atoms with E-state index in [0.717, 1.165) is 22.2 Å². The molecule has 0 amide bonds. The van der Waals surface area contributed by atoms with Crippen molar-refractivity contribution in [3.63, 3.8) is 0 Å². The Morgan fingerprint density at radius 2 is 2.13 bits per heavy atom. The maximum absolute atomic E-state index is 12.7. The molecule has 0 atom stereocenters. The topological polar surface area (TPSA) is 34.4 Å². The smallest absolute Gasteiger partial charge is 0.267 e. The van der Waals surface area contributed by atoms with Gasteiger partial charge in [0.2, 0.25) is 0 Å². The van der Waals surface area contributed by atoms with E-state index in [4.69, 9.17) is 0 Å². The Bertz CT molecular complexity index is 569. The van der Waals surface area contributed by atoms with E-state index in [-0.39, 0.29) is 11.2 Å². The molecule has 2 aromatic heterocycles. The van der Waals surface area contributed by atoms with Gasteiger partial charge in [0, 0.05) is 10.9 Å². The Morgan fingerprint density at radius 3 is 2.73 bits per heavy atom. The Labute approximate surface area is 85.9 Å². The summed E-state index contributed by atoms with van der Waals surface area (Å²) in [5.41, 5.74) is -2.11. The molecule has 0 bridgehead atoms. The molecule has 0 aliphatic rings. The average molecular weight is 234 g/mol. The molecule has 0 unspecified atom stereocenters. The molecular weight excluding hydrogens is 229 g/mol. The van der Waals surface area contributed by atoms with E-state index in [1.54, 1.807) is 0 Å². The molecular formula is C8H5F3N2OS. The van der Waals surface area contributed by atoms with Gasteiger partial charge in [-0.15, -0.1) is 0 Å². The standard InChI is InChI=1S/C8H5F3N2OS/c1-4-6(8(9,10)11)13-5(2-3-15-13)12-7(4)14/h2-3H,1H3. The lowest BCUT2D eigenvalue weighted by atomic mass is 10.2. The third kappa shape index (κ3) is 1.52. The van der Waals surface area contributed by atoms with Crippen LogP contribution in [0.3, 0.4) is 0 Å². The van der Waals surface area contributed by atoms with Gasteiger partial charge in [0.1, 0.15) is 5.69 Å². The van der Waals surface area contributed by atoms with Crippen LogP contribution in [0.25, 0.3) is 5.65 Å². The molecule has 3 nitrogen and oxygen atoms in total. The van der Waals surface area contributed by atoms with E-state index in [0.29, 0.717) is 0 Å². The highest BCUT2D eigenvalue weighted by molar-refractivity contribution is 7.04. The highest BCUT2D eigenvalue weighted by Gasteiger charge is 2.37. The summed E-state index contributed by atoms with van der Waals surface area (Å²) in [5, 5.41) is 1.45. The summed E-state index contributed by atoms with van der Waals surface area (Å²) < 4.78 is 38.9. The predicted molar refractivity (Wildman–Crippen MR) is 49.1 cm³/mol. The first-order chi connectivity index (χ1) is 6.91. The summed E-state index contributed by atoms with van der Waals surface area (Å²) in [6, 6.07) is 1.38. The second-order valence-electron chi connectivity index (χ2n) is 2.95. The lowest BCUT2D eigenvalue weighted by molar-refractivity contribution is -0.142. The molecule has 0 radical (unpaired) electrons. The van der Waals surface area contributed by atoms with Crippen LogP contribution >= 0.6 is 11.5 Å². The van der Waals surface area contributed by atoms with Crippen molar-refractivity contribution < 1.29 is 13.2 Å². The summed E-state index contributed by atoms with van der Waals surface area (Å²) in [6.07, 6.45) is -4.54. The minimum Gasteiger partial charge on any atom is -0.267 e. The average Bonchev–Trinajstić information content (AvgIpc) is 2.50. The van der Waals surface area contributed by atoms with Crippen molar-refractivity contribution in [3.05, 3.63) is 33.1 Å². The highest BCUT2D eigenvalue weighted by atomic mass is 32.1. The van der Waals surface area contributed by atoms with Gasteiger partial charge in [-0.3, -0.25) is 4.79 Å². The van der Waals surface area contributed by atoms with Crippen LogP contribution in [-0.2, 0) is 6.18 Å². The van der Waals surface area contributed by atoms with Crippen molar-refractivity contribution in [2.24, 2.45) is 0 Å². The summed E-state index contributed by atoms with van der Waals surface area (Å²) in [7, 11) is 0. The molecule has 2 heterocycles. The molecule has 2 aromatic rings. The van der Waals surface area contributed by atoms with Gasteiger partial charge in [-0.25, -0.2) is 3.79 Å². The fourth-order valence-electron chi connectivity index (χ4n) is 1.29. The van der Waals surface area contributed by atoms with E-state index < -0.39 is 17.4 Å². The maximum Gasteiger partial charge on any atom is 0.433 e. The lowest BCUT2D eigenvalue weighted by Gasteiger charge is -2.10. The zero-order valence-corrected chi connectivity index (χ0v) is 8.32. The normalized spacial score (nSPS) is 12.3. The van der Waals surface area contributed by atoms with Crippen LogP contribution < -0.4 is 5.56 Å². The van der Waals surface area contributed by atoms with Crippen LogP contribution in [0.2, 0.25) is 0 Å². The van der Waals surface area contributed by atoms with E-state index in [9.17, 15) is 18.0 Å². The molecule has 2 rings (SSSR count). The van der Waals surface area contributed by atoms with Crippen LogP contribution in [0.5, 0.6) is 0 Å². The number of halogens is 3. The van der Waals surface area contributed by atoms with E-state index in [2.05, 4.69) is 4.98 Å². The second-order valence-corrected chi connectivity index (χ2v) is 3.80. The largest absolute Gasteiger partial charge is 0.433 e. The maximum atomic E-state index is 12.7. The van der Waals surface area contributed by atoms with Gasteiger partial charge in [0.25, 0.3) is 5.56 Å². The number of rotatable bonds is 0. The molecule has 0 N–H and O–H groups in total. The molecule has 0 aliphatic carbocycles. The van der Waals surface area contributed by atoms with Crippen LogP contribution in [-0.4, -0.2) is 8.77 Å². The fourth-order valence-corrected chi connectivity index (χ4v) is 2.15. The molecule has 80 valence electrons. The number of aromatic nitrogens is 2. The minimum absolute atomic E-state index is 0.0305. The summed E-state index contributed by atoms with van der Waals surface area (Å²) in [6.45, 7) is 1.13. The van der Waals surface area contributed by atoms with Gasteiger partial charge >= 0.3 is 6.18 Å². The number of nitrogens with zero attached hydrogens (tertiary/aromatic N) is 2. The third-order valence-corrected chi connectivity index (χ3v) is 2.79. The molecule has 0 spiro atoms. The van der Waals surface area contributed by atoms with Crippen molar-refractivity contribution in [3.8, 4) is 0 Å². The molecule has 0 aromatic carbocycles. The summed E-state index contributed by atoms with van der Waals surface area (Å²) in [4.78, 5) is 14.7. The number of fused-ring (bicyclic) bond motifs is 1. The Morgan fingerprint density at radius 1 is 1.47 bits per heavy atom. The Kier molecular flexibility index (Phi) is 2.07. The molecule has 0 fully saturated rings. The van der Waals surface area contributed by atoms with Gasteiger partial charge in [-0.2, -0.15) is 18.2 Å². The Balaban J connectivity index is 2.96. The number of hydrogen-bond donors (Lipinski definition) is 0. The number of alkyl halides is 3. The Hall–Kier alpha value is -1.37. The van der Waals surface area contributed by atoms with E-state index in [1.165, 1.54) is 11.4 Å². The first kappa shape index (κ1) is 10.2. The summed E-state index contributed by atoms with van der Waals surface area (Å²) >= 11 is 0.859. The van der Waals surface area contributed by atoms with Crippen LogP contribution in [0, 0.1) is 6.92 Å². The van der Waals surface area contributed by atoms with Gasteiger partial charge in [0.05, 0.1) is 0 Å².